The lowest BCUT2D eigenvalue weighted by atomic mass is 10.4. The van der Waals surface area contributed by atoms with Gasteiger partial charge in [0.05, 0.1) is 0 Å². The van der Waals surface area contributed by atoms with Gasteiger partial charge in [-0.2, -0.15) is 12.6 Å². The van der Waals surface area contributed by atoms with Gasteiger partial charge in [0, 0.05) is 5.75 Å². The van der Waals surface area contributed by atoms with E-state index in [0.29, 0.717) is 12.4 Å². The summed E-state index contributed by atoms with van der Waals surface area (Å²) in [6.45, 7) is 0.621. The van der Waals surface area contributed by atoms with Crippen LogP contribution in [0.1, 0.15) is 0 Å². The second-order valence-corrected chi connectivity index (χ2v) is 8.65. The summed E-state index contributed by atoms with van der Waals surface area (Å²) in [6.07, 6.45) is 0. The molecule has 0 spiro atoms. The molecule has 0 aliphatic heterocycles. The van der Waals surface area contributed by atoms with E-state index in [0.717, 1.165) is 0 Å². The predicted molar refractivity (Wildman–Crippen MR) is 105 cm³/mol. The first-order valence-electron chi connectivity index (χ1n) is 7.69. The van der Waals surface area contributed by atoms with E-state index >= 15 is 0 Å². The minimum Gasteiger partial charge on any atom is -0.221 e. The van der Waals surface area contributed by atoms with E-state index in [1.165, 1.54) is 15.9 Å². The van der Waals surface area contributed by atoms with Gasteiger partial charge >= 0.3 is 0 Å². The zero-order chi connectivity index (χ0) is 16.0. The van der Waals surface area contributed by atoms with Crippen molar-refractivity contribution in [1.29, 1.82) is 0 Å². The fraction of sp³-hybridized carbons (Fsp3) is 0.100. The molecule has 3 aromatic carbocycles. The first kappa shape index (κ1) is 16.3. The molecule has 116 valence electrons. The average molecular weight is 339 g/mol. The predicted octanol–water partition coefficient (Wildman–Crippen LogP) is 3.84. The Kier molecular flexibility index (Phi) is 5.51. The third kappa shape index (κ3) is 3.35. The first-order valence-corrected chi connectivity index (χ1v) is 10.0. The maximum absolute atomic E-state index is 6.57. The topological polar surface area (TPSA) is 9.23 Å². The Morgan fingerprint density at radius 3 is 1.26 bits per heavy atom. The number of benzene rings is 3. The van der Waals surface area contributed by atoms with Crippen LogP contribution >= 0.6 is 20.1 Å². The first-order chi connectivity index (χ1) is 11.4. The molecule has 0 heterocycles. The fourth-order valence-corrected chi connectivity index (χ4v) is 6.48. The normalized spacial score (nSPS) is 11.3. The van der Waals surface area contributed by atoms with Crippen molar-refractivity contribution in [3.8, 4) is 0 Å². The summed E-state index contributed by atoms with van der Waals surface area (Å²) in [5.74, 6) is 0.703. The van der Waals surface area contributed by atoms with Crippen LogP contribution < -0.4 is 15.9 Å². The highest BCUT2D eigenvalue weighted by molar-refractivity contribution is 7.91. The highest BCUT2D eigenvalue weighted by Crippen LogP contribution is 2.56. The molecule has 0 radical (unpaired) electrons. The maximum Gasteiger partial charge on any atom is 0.242 e. The van der Waals surface area contributed by atoms with Gasteiger partial charge in [-0.3, -0.25) is 0 Å². The molecule has 0 N–H and O–H groups in total. The lowest BCUT2D eigenvalue weighted by Crippen LogP contribution is -2.33. The van der Waals surface area contributed by atoms with Crippen LogP contribution in [0, 0.1) is 0 Å². The molecule has 3 aromatic rings. The molecule has 0 unspecified atom stereocenters. The number of hydrogen-bond acceptors (Lipinski definition) is 2. The molecule has 0 aliphatic rings. The molecule has 0 amide bonds. The summed E-state index contributed by atoms with van der Waals surface area (Å²) in [5.41, 5.74) is 0. The summed E-state index contributed by atoms with van der Waals surface area (Å²) in [5, 5.41) is 3.71. The van der Waals surface area contributed by atoms with Gasteiger partial charge in [-0.15, -0.1) is 0 Å². The third-order valence-corrected chi connectivity index (χ3v) is 7.56. The highest BCUT2D eigenvalue weighted by atomic mass is 32.1. The molecule has 3 heteroatoms. The summed E-state index contributed by atoms with van der Waals surface area (Å²) >= 11 is 4.36. The van der Waals surface area contributed by atoms with Crippen LogP contribution in [0.3, 0.4) is 0 Å². The minimum absolute atomic E-state index is 0.621. The van der Waals surface area contributed by atoms with Crippen LogP contribution in [0.5, 0.6) is 0 Å². The van der Waals surface area contributed by atoms with Crippen LogP contribution in [0.25, 0.3) is 0 Å². The third-order valence-electron chi connectivity index (χ3n) is 3.74. The van der Waals surface area contributed by atoms with Gasteiger partial charge in [-0.05, 0) is 36.4 Å². The molecule has 23 heavy (non-hydrogen) atoms. The Morgan fingerprint density at radius 2 is 0.957 bits per heavy atom. The van der Waals surface area contributed by atoms with E-state index in [9.17, 15) is 0 Å². The molecule has 0 fully saturated rings. The van der Waals surface area contributed by atoms with Gasteiger partial charge in [0.2, 0.25) is 7.49 Å². The molecule has 0 saturated heterocycles. The number of thiol groups is 1. The van der Waals surface area contributed by atoms with Crippen molar-refractivity contribution in [3.63, 3.8) is 0 Å². The fourth-order valence-electron chi connectivity index (χ4n) is 2.76. The quantitative estimate of drug-likeness (QED) is 0.530. The lowest BCUT2D eigenvalue weighted by Gasteiger charge is -2.25. The second-order valence-electron chi connectivity index (χ2n) is 5.17. The monoisotopic (exact) mass is 339 g/mol. The van der Waals surface area contributed by atoms with Crippen molar-refractivity contribution in [2.75, 3.05) is 12.4 Å². The maximum atomic E-state index is 6.57. The number of hydrogen-bond donors (Lipinski definition) is 1. The van der Waals surface area contributed by atoms with Gasteiger partial charge in [-0.1, -0.05) is 54.6 Å². The average Bonchev–Trinajstić information content (AvgIpc) is 2.65. The largest absolute Gasteiger partial charge is 0.242 e. The van der Waals surface area contributed by atoms with Crippen molar-refractivity contribution in [1.82, 2.24) is 0 Å². The molecular weight excluding hydrogens is 319 g/mol. The Balaban J connectivity index is 2.25. The standard InChI is InChI=1S/C20H19OPS/c23-17-16-21-22(18-10-4-1-5-11-18,19-12-6-2-7-13-19)20-14-8-3-9-15-20/h1-15H,16-17H2/p+1. The minimum atomic E-state index is -2.12. The number of rotatable bonds is 6. The smallest absolute Gasteiger partial charge is 0.221 e. The molecular formula is C20H20OPS+. The Bertz CT molecular complexity index is 620. The van der Waals surface area contributed by atoms with Crippen LogP contribution in [-0.4, -0.2) is 12.4 Å². The van der Waals surface area contributed by atoms with Crippen molar-refractivity contribution < 1.29 is 4.52 Å². The van der Waals surface area contributed by atoms with E-state index in [2.05, 4.69) is 85.4 Å². The summed E-state index contributed by atoms with van der Waals surface area (Å²) in [4.78, 5) is 0. The van der Waals surface area contributed by atoms with Crippen molar-refractivity contribution in [2.45, 2.75) is 0 Å². The van der Waals surface area contributed by atoms with Crippen LogP contribution in [0.2, 0.25) is 0 Å². The molecule has 1 nitrogen and oxygen atoms in total. The second kappa shape index (κ2) is 7.79. The van der Waals surface area contributed by atoms with Gasteiger partial charge in [-0.25, -0.2) is 4.52 Å². The van der Waals surface area contributed by atoms with Crippen LogP contribution in [0.15, 0.2) is 91.0 Å². The molecule has 0 atom stereocenters. The van der Waals surface area contributed by atoms with Gasteiger partial charge in [0.1, 0.15) is 22.5 Å². The Morgan fingerprint density at radius 1 is 0.609 bits per heavy atom. The van der Waals surface area contributed by atoms with Crippen LogP contribution in [-0.2, 0) is 4.52 Å². The zero-order valence-corrected chi connectivity index (χ0v) is 14.7. The van der Waals surface area contributed by atoms with Crippen molar-refractivity contribution in [3.05, 3.63) is 91.0 Å². The SMILES string of the molecule is SCCO[P+](c1ccccc1)(c1ccccc1)c1ccccc1. The molecule has 0 aliphatic carbocycles. The van der Waals surface area contributed by atoms with E-state index in [4.69, 9.17) is 4.52 Å². The van der Waals surface area contributed by atoms with Crippen molar-refractivity contribution >= 4 is 36.0 Å². The molecule has 0 aromatic heterocycles. The van der Waals surface area contributed by atoms with Gasteiger partial charge in [0.15, 0.2) is 0 Å². The van der Waals surface area contributed by atoms with Gasteiger partial charge in [0.25, 0.3) is 0 Å². The molecule has 0 saturated carbocycles. The Labute approximate surface area is 144 Å². The molecule has 3 rings (SSSR count). The Hall–Kier alpha value is -1.60. The summed E-state index contributed by atoms with van der Waals surface area (Å²) in [7, 11) is -2.12. The van der Waals surface area contributed by atoms with E-state index in [-0.39, 0.29) is 0 Å². The summed E-state index contributed by atoms with van der Waals surface area (Å²) < 4.78 is 6.57. The van der Waals surface area contributed by atoms with Gasteiger partial charge < -0.3 is 0 Å². The zero-order valence-electron chi connectivity index (χ0n) is 12.9. The highest BCUT2D eigenvalue weighted by Gasteiger charge is 2.47. The van der Waals surface area contributed by atoms with Crippen molar-refractivity contribution in [2.24, 2.45) is 0 Å². The van der Waals surface area contributed by atoms with E-state index in [1.54, 1.807) is 0 Å². The van der Waals surface area contributed by atoms with E-state index in [1.807, 2.05) is 18.2 Å². The molecule has 0 bridgehead atoms. The van der Waals surface area contributed by atoms with E-state index < -0.39 is 7.49 Å². The van der Waals surface area contributed by atoms with Crippen LogP contribution in [0.4, 0.5) is 0 Å². The summed E-state index contributed by atoms with van der Waals surface area (Å²) in [6, 6.07) is 31.7. The lowest BCUT2D eigenvalue weighted by molar-refractivity contribution is 0.386.